The van der Waals surface area contributed by atoms with Crippen LogP contribution >= 0.6 is 0 Å². The van der Waals surface area contributed by atoms with Crippen LogP contribution < -0.4 is 0 Å². The summed E-state index contributed by atoms with van der Waals surface area (Å²) < 4.78 is 17.5. The number of fused-ring (bicyclic) bond motifs is 2. The van der Waals surface area contributed by atoms with Gasteiger partial charge in [0.25, 0.3) is 0 Å². The highest BCUT2D eigenvalue weighted by atomic mass is 16.6. The molecule has 5 atom stereocenters. The zero-order valence-corrected chi connectivity index (χ0v) is 15.1. The third kappa shape index (κ3) is 2.07. The van der Waals surface area contributed by atoms with Crippen molar-refractivity contribution in [2.45, 2.75) is 59.2 Å². The Bertz CT molecular complexity index is 773. The second-order valence-corrected chi connectivity index (χ2v) is 7.77. The van der Waals surface area contributed by atoms with Crippen LogP contribution in [-0.4, -0.2) is 11.9 Å². The Balaban J connectivity index is 1.84. The van der Waals surface area contributed by atoms with Gasteiger partial charge in [0, 0.05) is 22.5 Å². The van der Waals surface area contributed by atoms with Gasteiger partial charge >= 0.3 is 11.9 Å². The van der Waals surface area contributed by atoms with Crippen LogP contribution in [0.15, 0.2) is 22.3 Å². The minimum Gasteiger partial charge on any atom is -0.465 e. The predicted molar refractivity (Wildman–Crippen MR) is 89.5 cm³/mol. The normalized spacial score (nSPS) is 36.5. The molecule has 0 spiro atoms. The molecule has 1 saturated carbocycles. The average Bonchev–Trinajstić information content (AvgIpc) is 3.09. The van der Waals surface area contributed by atoms with E-state index in [1.807, 2.05) is 13.8 Å². The number of esters is 2. The Labute approximate surface area is 147 Å². The zero-order chi connectivity index (χ0) is 17.9. The minimum absolute atomic E-state index is 0.0226. The molecule has 0 radical (unpaired) electrons. The lowest BCUT2D eigenvalue weighted by Gasteiger charge is -2.49. The van der Waals surface area contributed by atoms with Crippen molar-refractivity contribution >= 4 is 11.9 Å². The minimum atomic E-state index is -0.468. The fraction of sp³-hybridized carbons (Fsp3) is 0.600. The number of carbonyl (C=O) groups excluding carboxylic acids is 2. The summed E-state index contributed by atoms with van der Waals surface area (Å²) in [6, 6.07) is 0. The Kier molecular flexibility index (Phi) is 3.60. The number of carbonyl (C=O) groups is 2. The number of allylic oxidation sites excluding steroid dienone is 1. The lowest BCUT2D eigenvalue weighted by molar-refractivity contribution is -0.161. The van der Waals surface area contributed by atoms with Gasteiger partial charge in [-0.2, -0.15) is 0 Å². The number of hydrogen-bond donors (Lipinski definition) is 0. The van der Waals surface area contributed by atoms with E-state index in [4.69, 9.17) is 13.9 Å². The predicted octanol–water partition coefficient (Wildman–Crippen LogP) is 4.17. The molecule has 1 saturated heterocycles. The second-order valence-electron chi connectivity index (χ2n) is 7.77. The van der Waals surface area contributed by atoms with E-state index in [1.54, 1.807) is 19.3 Å². The van der Waals surface area contributed by atoms with E-state index in [1.165, 1.54) is 0 Å². The van der Waals surface area contributed by atoms with Crippen molar-refractivity contribution < 1.29 is 23.5 Å². The van der Waals surface area contributed by atoms with E-state index < -0.39 is 6.10 Å². The van der Waals surface area contributed by atoms with Crippen LogP contribution in [0.1, 0.15) is 69.1 Å². The van der Waals surface area contributed by atoms with E-state index in [9.17, 15) is 9.59 Å². The van der Waals surface area contributed by atoms with Gasteiger partial charge in [0.2, 0.25) is 0 Å². The van der Waals surface area contributed by atoms with Crippen molar-refractivity contribution in [3.05, 3.63) is 34.8 Å². The number of rotatable bonds is 2. The molecule has 2 fully saturated rings. The number of ether oxygens (including phenoxy) is 2. The van der Waals surface area contributed by atoms with Crippen LogP contribution in [0.3, 0.4) is 0 Å². The molecular weight excluding hydrogens is 320 g/mol. The fourth-order valence-corrected chi connectivity index (χ4v) is 5.02. The quantitative estimate of drug-likeness (QED) is 0.595. The van der Waals surface area contributed by atoms with E-state index in [0.717, 1.165) is 30.4 Å². The van der Waals surface area contributed by atoms with Crippen LogP contribution in [0, 0.1) is 24.2 Å². The maximum absolute atomic E-state index is 12.5. The highest BCUT2D eigenvalue weighted by molar-refractivity contribution is 5.88. The maximum atomic E-state index is 12.5. The van der Waals surface area contributed by atoms with Crippen molar-refractivity contribution in [1.29, 1.82) is 0 Å². The summed E-state index contributed by atoms with van der Waals surface area (Å²) in [5, 5.41) is 0. The van der Waals surface area contributed by atoms with Crippen LogP contribution in [0.2, 0.25) is 0 Å². The Hall–Kier alpha value is -2.04. The highest BCUT2D eigenvalue weighted by Crippen LogP contribution is 2.66. The molecule has 2 aliphatic carbocycles. The zero-order valence-electron chi connectivity index (χ0n) is 15.1. The topological polar surface area (TPSA) is 65.7 Å². The molecule has 0 amide bonds. The molecule has 1 aromatic rings. The molecule has 134 valence electrons. The molecule has 25 heavy (non-hydrogen) atoms. The first-order valence-electron chi connectivity index (χ1n) is 9.01. The summed E-state index contributed by atoms with van der Waals surface area (Å²) in [6.07, 6.45) is 5.31. The van der Waals surface area contributed by atoms with Gasteiger partial charge in [-0.1, -0.05) is 19.4 Å². The summed E-state index contributed by atoms with van der Waals surface area (Å²) in [6.45, 7) is 7.63. The van der Waals surface area contributed by atoms with Gasteiger partial charge in [0.05, 0.1) is 12.2 Å². The summed E-state index contributed by atoms with van der Waals surface area (Å²) in [4.78, 5) is 25.0. The van der Waals surface area contributed by atoms with Gasteiger partial charge in [-0.3, -0.25) is 4.79 Å². The standard InChI is InChI=1S/C20H24O5/c1-5-10(2)18(21)24-15-12-7-6-8-13-19(22)25-17(20(12,13)4)14-11(3)9-23-16(14)15/h5,9,12-13,15,17H,6-8H2,1-4H3/b10-5-/t12-,13-,15-,17+,20+/m1/s1. The fourth-order valence-electron chi connectivity index (χ4n) is 5.02. The monoisotopic (exact) mass is 344 g/mol. The molecule has 2 heterocycles. The third-order valence-corrected chi connectivity index (χ3v) is 6.57. The van der Waals surface area contributed by atoms with Crippen LogP contribution in [-0.2, 0) is 19.1 Å². The molecule has 5 nitrogen and oxygen atoms in total. The molecule has 5 heteroatoms. The van der Waals surface area contributed by atoms with Crippen LogP contribution in [0.5, 0.6) is 0 Å². The first-order chi connectivity index (χ1) is 11.9. The highest BCUT2D eigenvalue weighted by Gasteiger charge is 2.66. The molecule has 1 aromatic heterocycles. The molecule has 0 N–H and O–H groups in total. The molecule has 4 rings (SSSR count). The van der Waals surface area contributed by atoms with Gasteiger partial charge in [0.1, 0.15) is 6.10 Å². The molecular formula is C20H24O5. The van der Waals surface area contributed by atoms with E-state index >= 15 is 0 Å². The van der Waals surface area contributed by atoms with Crippen molar-refractivity contribution in [3.8, 4) is 0 Å². The molecule has 1 aliphatic heterocycles. The first-order valence-corrected chi connectivity index (χ1v) is 9.01. The average molecular weight is 344 g/mol. The molecule has 0 unspecified atom stereocenters. The van der Waals surface area contributed by atoms with Crippen molar-refractivity contribution in [1.82, 2.24) is 0 Å². The lowest BCUT2D eigenvalue weighted by Crippen LogP contribution is -2.47. The number of hydrogen-bond acceptors (Lipinski definition) is 5. The van der Waals surface area contributed by atoms with Crippen molar-refractivity contribution in [2.75, 3.05) is 0 Å². The largest absolute Gasteiger partial charge is 0.465 e. The van der Waals surface area contributed by atoms with Gasteiger partial charge in [-0.05, 0) is 39.2 Å². The van der Waals surface area contributed by atoms with Crippen molar-refractivity contribution in [2.24, 2.45) is 17.3 Å². The molecule has 3 aliphatic rings. The van der Waals surface area contributed by atoms with Gasteiger partial charge < -0.3 is 13.9 Å². The first kappa shape index (κ1) is 16.4. The lowest BCUT2D eigenvalue weighted by atomic mass is 9.54. The maximum Gasteiger partial charge on any atom is 0.334 e. The van der Waals surface area contributed by atoms with E-state index in [0.29, 0.717) is 11.3 Å². The summed E-state index contributed by atoms with van der Waals surface area (Å²) in [5.41, 5.74) is 2.06. The Morgan fingerprint density at radius 2 is 2.16 bits per heavy atom. The van der Waals surface area contributed by atoms with Gasteiger partial charge in [0.15, 0.2) is 11.9 Å². The molecule has 0 aromatic carbocycles. The van der Waals surface area contributed by atoms with Crippen LogP contribution in [0.4, 0.5) is 0 Å². The Morgan fingerprint density at radius 3 is 2.88 bits per heavy atom. The second kappa shape index (κ2) is 5.48. The molecule has 0 bridgehead atoms. The number of furan rings is 1. The van der Waals surface area contributed by atoms with E-state index in [2.05, 4.69) is 6.92 Å². The SMILES string of the molecule is C/C=C(/C)C(=O)O[C@H]1c2occ(C)c2[C@@H]2OC(=O)[C@H]3CCC[C@H]1[C@@]32C. The van der Waals surface area contributed by atoms with Crippen LogP contribution in [0.25, 0.3) is 0 Å². The smallest absolute Gasteiger partial charge is 0.334 e. The summed E-state index contributed by atoms with van der Waals surface area (Å²) >= 11 is 0. The Morgan fingerprint density at radius 1 is 1.40 bits per heavy atom. The van der Waals surface area contributed by atoms with E-state index in [-0.39, 0.29) is 35.3 Å². The summed E-state index contributed by atoms with van der Waals surface area (Å²) in [7, 11) is 0. The number of aryl methyl sites for hydroxylation is 1. The van der Waals surface area contributed by atoms with Gasteiger partial charge in [-0.25, -0.2) is 4.79 Å². The van der Waals surface area contributed by atoms with Gasteiger partial charge in [-0.15, -0.1) is 0 Å². The van der Waals surface area contributed by atoms with Crippen molar-refractivity contribution in [3.63, 3.8) is 0 Å². The third-order valence-electron chi connectivity index (χ3n) is 6.57. The summed E-state index contributed by atoms with van der Waals surface area (Å²) in [5.74, 6) is 0.0805.